The van der Waals surface area contributed by atoms with Crippen LogP contribution < -0.4 is 11.1 Å². The smallest absolute Gasteiger partial charge is 0.244 e. The molecule has 3 N–H and O–H groups in total. The molecule has 1 saturated heterocycles. The molecule has 98 valence electrons. The minimum absolute atomic E-state index is 0.119. The van der Waals surface area contributed by atoms with Gasteiger partial charge in [0, 0.05) is 13.1 Å². The molecule has 1 atom stereocenters. The molecule has 0 saturated carbocycles. The molecule has 1 aromatic rings. The number of nitrogen functional groups attached to an aromatic ring is 1. The number of nitrogens with one attached hydrogen (secondary N) is 1. The van der Waals surface area contributed by atoms with E-state index in [-0.39, 0.29) is 11.9 Å². The van der Waals surface area contributed by atoms with E-state index >= 15 is 0 Å². The molecule has 1 aromatic heterocycles. The lowest BCUT2D eigenvalue weighted by molar-refractivity contribution is -0.132. The lowest BCUT2D eigenvalue weighted by atomic mass is 10.1. The fraction of sp³-hybridized carbons (Fsp3) is 0.583. The highest BCUT2D eigenvalue weighted by Crippen LogP contribution is 2.12. The predicted molar refractivity (Wildman–Crippen MR) is 70.0 cm³/mol. The molecule has 1 aliphatic rings. The van der Waals surface area contributed by atoms with Gasteiger partial charge in [0.25, 0.3) is 0 Å². The number of hydrogen-bond acceptors (Lipinski definition) is 5. The summed E-state index contributed by atoms with van der Waals surface area (Å²) in [4.78, 5) is 22.1. The van der Waals surface area contributed by atoms with E-state index in [2.05, 4.69) is 15.3 Å². The van der Waals surface area contributed by atoms with Gasteiger partial charge in [-0.3, -0.25) is 4.79 Å². The first-order valence-corrected chi connectivity index (χ1v) is 6.29. The van der Waals surface area contributed by atoms with Gasteiger partial charge in [-0.2, -0.15) is 0 Å². The van der Waals surface area contributed by atoms with Crippen LogP contribution in [0.15, 0.2) is 12.4 Å². The minimum Gasteiger partial charge on any atom is -0.382 e. The van der Waals surface area contributed by atoms with Gasteiger partial charge < -0.3 is 16.0 Å². The Labute approximate surface area is 107 Å². The summed E-state index contributed by atoms with van der Waals surface area (Å²) >= 11 is 0. The van der Waals surface area contributed by atoms with Crippen LogP contribution in [-0.2, 0) is 4.79 Å². The Morgan fingerprint density at radius 3 is 2.67 bits per heavy atom. The Hall–Kier alpha value is -1.85. The van der Waals surface area contributed by atoms with Gasteiger partial charge in [-0.15, -0.1) is 0 Å². The summed E-state index contributed by atoms with van der Waals surface area (Å²) in [5.41, 5.74) is 5.46. The summed E-state index contributed by atoms with van der Waals surface area (Å²) in [5.74, 6) is 1.06. The third-order valence-electron chi connectivity index (χ3n) is 3.07. The Balaban J connectivity index is 1.92. The van der Waals surface area contributed by atoms with Crippen molar-refractivity contribution in [1.82, 2.24) is 14.9 Å². The zero-order valence-electron chi connectivity index (χ0n) is 10.6. The number of piperidine rings is 1. The maximum atomic E-state index is 12.2. The summed E-state index contributed by atoms with van der Waals surface area (Å²) in [7, 11) is 0. The minimum atomic E-state index is -0.291. The molecule has 1 unspecified atom stereocenters. The highest BCUT2D eigenvalue weighted by Gasteiger charge is 2.22. The highest BCUT2D eigenvalue weighted by atomic mass is 16.2. The van der Waals surface area contributed by atoms with Crippen LogP contribution in [0.4, 0.5) is 11.6 Å². The molecular weight excluding hydrogens is 230 g/mol. The van der Waals surface area contributed by atoms with E-state index in [1.54, 1.807) is 0 Å². The molecule has 0 radical (unpaired) electrons. The van der Waals surface area contributed by atoms with E-state index in [1.165, 1.54) is 18.8 Å². The summed E-state index contributed by atoms with van der Waals surface area (Å²) < 4.78 is 0. The molecule has 0 spiro atoms. The lowest BCUT2D eigenvalue weighted by Crippen LogP contribution is -2.44. The van der Waals surface area contributed by atoms with Crippen LogP contribution in [0.25, 0.3) is 0 Å². The van der Waals surface area contributed by atoms with E-state index < -0.39 is 0 Å². The molecule has 1 fully saturated rings. The number of rotatable bonds is 3. The van der Waals surface area contributed by atoms with E-state index in [9.17, 15) is 4.79 Å². The van der Waals surface area contributed by atoms with Crippen molar-refractivity contribution in [3.8, 4) is 0 Å². The first-order chi connectivity index (χ1) is 8.66. The van der Waals surface area contributed by atoms with Crippen molar-refractivity contribution in [2.75, 3.05) is 24.1 Å². The molecule has 2 heterocycles. The van der Waals surface area contributed by atoms with Crippen LogP contribution in [0.5, 0.6) is 0 Å². The first kappa shape index (κ1) is 12.6. The maximum absolute atomic E-state index is 12.2. The van der Waals surface area contributed by atoms with Crippen LogP contribution in [0, 0.1) is 0 Å². The van der Waals surface area contributed by atoms with E-state index in [4.69, 9.17) is 5.73 Å². The molecule has 18 heavy (non-hydrogen) atoms. The van der Waals surface area contributed by atoms with Gasteiger partial charge in [0.1, 0.15) is 17.7 Å². The fourth-order valence-corrected chi connectivity index (χ4v) is 2.08. The van der Waals surface area contributed by atoms with Gasteiger partial charge >= 0.3 is 0 Å². The SMILES string of the molecule is CC(Nc1cnc(N)cn1)C(=O)N1CCCCC1. The quantitative estimate of drug-likeness (QED) is 0.830. The number of nitrogens with two attached hydrogens (primary N) is 1. The zero-order chi connectivity index (χ0) is 13.0. The van der Waals surface area contributed by atoms with Crippen LogP contribution in [0.3, 0.4) is 0 Å². The van der Waals surface area contributed by atoms with Crippen LogP contribution >= 0.6 is 0 Å². The van der Waals surface area contributed by atoms with Crippen LogP contribution in [0.2, 0.25) is 0 Å². The Morgan fingerprint density at radius 2 is 2.06 bits per heavy atom. The van der Waals surface area contributed by atoms with Crippen molar-refractivity contribution >= 4 is 17.5 Å². The van der Waals surface area contributed by atoms with E-state index in [0.29, 0.717) is 11.6 Å². The lowest BCUT2D eigenvalue weighted by Gasteiger charge is -2.29. The van der Waals surface area contributed by atoms with E-state index in [0.717, 1.165) is 25.9 Å². The number of nitrogens with zero attached hydrogens (tertiary/aromatic N) is 3. The summed E-state index contributed by atoms with van der Waals surface area (Å²) in [6.45, 7) is 3.56. The molecule has 2 rings (SSSR count). The maximum Gasteiger partial charge on any atom is 0.244 e. The van der Waals surface area contributed by atoms with Gasteiger partial charge in [-0.1, -0.05) is 0 Å². The number of carbonyl (C=O) groups excluding carboxylic acids is 1. The standard InChI is InChI=1S/C12H19N5O/c1-9(12(18)17-5-3-2-4-6-17)16-11-8-14-10(13)7-15-11/h7-9H,2-6H2,1H3,(H2,13,14)(H,15,16). The highest BCUT2D eigenvalue weighted by molar-refractivity contribution is 5.84. The van der Waals surface area contributed by atoms with Crippen molar-refractivity contribution in [1.29, 1.82) is 0 Å². The third kappa shape index (κ3) is 3.09. The third-order valence-corrected chi connectivity index (χ3v) is 3.07. The number of aromatic nitrogens is 2. The number of anilines is 2. The molecule has 0 aromatic carbocycles. The number of amides is 1. The molecular formula is C12H19N5O. The average molecular weight is 249 g/mol. The monoisotopic (exact) mass is 249 g/mol. The Morgan fingerprint density at radius 1 is 1.33 bits per heavy atom. The molecule has 6 heteroatoms. The van der Waals surface area contributed by atoms with Gasteiger partial charge in [-0.25, -0.2) is 9.97 Å². The van der Waals surface area contributed by atoms with Gasteiger partial charge in [0.05, 0.1) is 12.4 Å². The fourth-order valence-electron chi connectivity index (χ4n) is 2.08. The molecule has 0 bridgehead atoms. The summed E-state index contributed by atoms with van der Waals surface area (Å²) in [6, 6.07) is -0.291. The van der Waals surface area contributed by atoms with Crippen LogP contribution in [-0.4, -0.2) is 39.9 Å². The first-order valence-electron chi connectivity index (χ1n) is 6.29. The number of hydrogen-bond donors (Lipinski definition) is 2. The van der Waals surface area contributed by atoms with Gasteiger partial charge in [0.2, 0.25) is 5.91 Å². The molecule has 6 nitrogen and oxygen atoms in total. The predicted octanol–water partition coefficient (Wildman–Crippen LogP) is 0.872. The molecule has 1 aliphatic heterocycles. The van der Waals surface area contributed by atoms with Crippen molar-refractivity contribution in [3.63, 3.8) is 0 Å². The molecule has 0 aliphatic carbocycles. The van der Waals surface area contributed by atoms with Crippen LogP contribution in [0.1, 0.15) is 26.2 Å². The van der Waals surface area contributed by atoms with E-state index in [1.807, 2.05) is 11.8 Å². The van der Waals surface area contributed by atoms with Crippen molar-refractivity contribution < 1.29 is 4.79 Å². The zero-order valence-corrected chi connectivity index (χ0v) is 10.6. The summed E-state index contributed by atoms with van der Waals surface area (Å²) in [6.07, 6.45) is 6.42. The summed E-state index contributed by atoms with van der Waals surface area (Å²) in [5, 5.41) is 3.05. The normalized spacial score (nSPS) is 17.3. The second-order valence-electron chi connectivity index (χ2n) is 4.58. The van der Waals surface area contributed by atoms with Crippen molar-refractivity contribution in [3.05, 3.63) is 12.4 Å². The molecule has 1 amide bonds. The number of likely N-dealkylation sites (tertiary alicyclic amines) is 1. The topological polar surface area (TPSA) is 84.1 Å². The average Bonchev–Trinajstić information content (AvgIpc) is 2.41. The second-order valence-corrected chi connectivity index (χ2v) is 4.58. The Bertz CT molecular complexity index is 399. The van der Waals surface area contributed by atoms with Gasteiger partial charge in [-0.05, 0) is 26.2 Å². The second kappa shape index (κ2) is 5.66. The van der Waals surface area contributed by atoms with Crippen molar-refractivity contribution in [2.24, 2.45) is 0 Å². The largest absolute Gasteiger partial charge is 0.382 e. The number of carbonyl (C=O) groups is 1. The van der Waals surface area contributed by atoms with Crippen molar-refractivity contribution in [2.45, 2.75) is 32.2 Å². The Kier molecular flexibility index (Phi) is 3.96. The van der Waals surface area contributed by atoms with Gasteiger partial charge in [0.15, 0.2) is 0 Å².